The van der Waals surface area contributed by atoms with Crippen LogP contribution in [0.5, 0.6) is 5.75 Å². The minimum atomic E-state index is -1.04. The number of carbonyl (C=O) groups is 2. The topological polar surface area (TPSA) is 66.8 Å². The number of allylic oxidation sites excluding steroid dienone is 2. The number of carbonyl (C=O) groups excluding carboxylic acids is 1. The van der Waals surface area contributed by atoms with E-state index < -0.39 is 5.97 Å². The molecule has 1 aliphatic carbocycles. The minimum Gasteiger partial charge on any atom is -0.489 e. The molecule has 5 nitrogen and oxygen atoms in total. The minimum absolute atomic E-state index is 0.0265. The van der Waals surface area contributed by atoms with Gasteiger partial charge in [0.2, 0.25) is 5.91 Å². The highest BCUT2D eigenvalue weighted by atomic mass is 16.5. The lowest BCUT2D eigenvalue weighted by Gasteiger charge is -2.31. The summed E-state index contributed by atoms with van der Waals surface area (Å²) in [6.07, 6.45) is 6.70. The fraction of sp³-hybridized carbons (Fsp3) is 0.375. The molecule has 0 bridgehead atoms. The molecule has 1 aromatic carbocycles. The summed E-state index contributed by atoms with van der Waals surface area (Å²) >= 11 is 0. The number of carboxylic acid groups (broad SMARTS) is 1. The van der Waals surface area contributed by atoms with Gasteiger partial charge in [0.05, 0.1) is 12.2 Å². The zero-order chi connectivity index (χ0) is 14.8. The molecule has 1 aromatic rings. The highest BCUT2D eigenvalue weighted by molar-refractivity contribution is 6.00. The van der Waals surface area contributed by atoms with Gasteiger partial charge in [0.1, 0.15) is 12.2 Å². The lowest BCUT2D eigenvalue weighted by molar-refractivity contribution is -0.119. The fourth-order valence-corrected chi connectivity index (χ4v) is 2.88. The summed E-state index contributed by atoms with van der Waals surface area (Å²) in [5.74, 6) is -0.420. The Balaban J connectivity index is 1.86. The number of hydrogen-bond donors (Lipinski definition) is 1. The zero-order valence-corrected chi connectivity index (χ0v) is 11.6. The van der Waals surface area contributed by atoms with Gasteiger partial charge in [0, 0.05) is 6.42 Å². The van der Waals surface area contributed by atoms with Crippen LogP contribution in [0.3, 0.4) is 0 Å². The maximum Gasteiger partial charge on any atom is 0.339 e. The van der Waals surface area contributed by atoms with Crippen LogP contribution >= 0.6 is 0 Å². The zero-order valence-electron chi connectivity index (χ0n) is 11.6. The molecular formula is C16H17NO4. The van der Waals surface area contributed by atoms with Crippen LogP contribution < -0.4 is 9.64 Å². The number of amides is 1. The van der Waals surface area contributed by atoms with E-state index in [2.05, 4.69) is 12.2 Å². The molecule has 1 aliphatic heterocycles. The Bertz CT molecular complexity index is 608. The number of rotatable bonds is 3. The molecule has 0 fully saturated rings. The van der Waals surface area contributed by atoms with Crippen molar-refractivity contribution in [2.24, 2.45) is 5.92 Å². The van der Waals surface area contributed by atoms with Gasteiger partial charge in [-0.3, -0.25) is 4.79 Å². The smallest absolute Gasteiger partial charge is 0.339 e. The van der Waals surface area contributed by atoms with Crippen LogP contribution in [0.4, 0.5) is 5.69 Å². The Hall–Kier alpha value is -2.30. The maximum atomic E-state index is 12.5. The van der Waals surface area contributed by atoms with Gasteiger partial charge in [-0.25, -0.2) is 4.79 Å². The summed E-state index contributed by atoms with van der Waals surface area (Å²) in [6, 6.07) is 4.88. The molecule has 1 atom stereocenters. The number of fused-ring (bicyclic) bond motifs is 1. The number of anilines is 1. The summed E-state index contributed by atoms with van der Waals surface area (Å²) in [5, 5.41) is 9.20. The van der Waals surface area contributed by atoms with E-state index in [4.69, 9.17) is 4.74 Å². The molecular weight excluding hydrogens is 270 g/mol. The van der Waals surface area contributed by atoms with Crippen molar-refractivity contribution in [2.75, 3.05) is 18.1 Å². The molecule has 0 spiro atoms. The predicted octanol–water partition coefficient (Wildman–Crippen LogP) is 2.47. The quantitative estimate of drug-likeness (QED) is 0.867. The van der Waals surface area contributed by atoms with Crippen LogP contribution in [0, 0.1) is 5.92 Å². The summed E-state index contributed by atoms with van der Waals surface area (Å²) in [7, 11) is 0. The largest absolute Gasteiger partial charge is 0.489 e. The molecule has 5 heteroatoms. The van der Waals surface area contributed by atoms with Crippen LogP contribution in [0.1, 0.15) is 29.6 Å². The molecule has 0 saturated heterocycles. The molecule has 3 rings (SSSR count). The van der Waals surface area contributed by atoms with E-state index in [0.29, 0.717) is 36.9 Å². The second kappa shape index (κ2) is 5.60. The van der Waals surface area contributed by atoms with Crippen LogP contribution in [-0.2, 0) is 4.79 Å². The summed E-state index contributed by atoms with van der Waals surface area (Å²) in [4.78, 5) is 25.4. The van der Waals surface area contributed by atoms with Crippen molar-refractivity contribution in [3.63, 3.8) is 0 Å². The SMILES string of the molecule is O=C(O)c1cccc2c1OCCN2C(=O)CC1C=CCC1. The summed E-state index contributed by atoms with van der Waals surface area (Å²) in [5.41, 5.74) is 0.666. The molecule has 21 heavy (non-hydrogen) atoms. The van der Waals surface area contributed by atoms with Crippen LogP contribution in [0.25, 0.3) is 0 Å². The van der Waals surface area contributed by atoms with Crippen LogP contribution in [0.15, 0.2) is 30.4 Å². The first kappa shape index (κ1) is 13.7. The number of aromatic carboxylic acids is 1. The first-order valence-electron chi connectivity index (χ1n) is 7.13. The van der Waals surface area contributed by atoms with Crippen molar-refractivity contribution >= 4 is 17.6 Å². The molecule has 2 aliphatic rings. The van der Waals surface area contributed by atoms with Crippen molar-refractivity contribution in [2.45, 2.75) is 19.3 Å². The number of ether oxygens (including phenoxy) is 1. The van der Waals surface area contributed by atoms with Gasteiger partial charge < -0.3 is 14.7 Å². The average Bonchev–Trinajstić information content (AvgIpc) is 2.98. The fourth-order valence-electron chi connectivity index (χ4n) is 2.88. The van der Waals surface area contributed by atoms with E-state index in [0.717, 1.165) is 12.8 Å². The third kappa shape index (κ3) is 2.63. The average molecular weight is 287 g/mol. The number of nitrogens with zero attached hydrogens (tertiary/aromatic N) is 1. The van der Waals surface area contributed by atoms with Gasteiger partial charge in [0.25, 0.3) is 0 Å². The van der Waals surface area contributed by atoms with Gasteiger partial charge in [-0.05, 0) is 30.9 Å². The van der Waals surface area contributed by atoms with E-state index in [1.807, 2.05) is 0 Å². The van der Waals surface area contributed by atoms with E-state index in [-0.39, 0.29) is 11.5 Å². The third-order valence-corrected chi connectivity index (χ3v) is 3.93. The Labute approximate surface area is 122 Å². The predicted molar refractivity (Wildman–Crippen MR) is 77.7 cm³/mol. The molecule has 1 N–H and O–H groups in total. The van der Waals surface area contributed by atoms with Gasteiger partial charge in [-0.1, -0.05) is 18.2 Å². The Morgan fingerprint density at radius 2 is 2.24 bits per heavy atom. The Morgan fingerprint density at radius 3 is 2.95 bits per heavy atom. The second-order valence-electron chi connectivity index (χ2n) is 5.32. The highest BCUT2D eigenvalue weighted by Gasteiger charge is 2.28. The normalized spacial score (nSPS) is 20.0. The van der Waals surface area contributed by atoms with Gasteiger partial charge in [-0.2, -0.15) is 0 Å². The monoisotopic (exact) mass is 287 g/mol. The third-order valence-electron chi connectivity index (χ3n) is 3.93. The van der Waals surface area contributed by atoms with Crippen molar-refractivity contribution in [3.8, 4) is 5.75 Å². The van der Waals surface area contributed by atoms with Gasteiger partial charge in [-0.15, -0.1) is 0 Å². The Kier molecular flexibility index (Phi) is 3.64. The lowest BCUT2D eigenvalue weighted by atomic mass is 10.0. The number of carboxylic acids is 1. The molecule has 0 saturated carbocycles. The summed E-state index contributed by atoms with van der Waals surface area (Å²) < 4.78 is 5.48. The van der Waals surface area contributed by atoms with Crippen molar-refractivity contribution < 1.29 is 19.4 Å². The Morgan fingerprint density at radius 1 is 1.38 bits per heavy atom. The van der Waals surface area contributed by atoms with E-state index in [1.165, 1.54) is 6.07 Å². The van der Waals surface area contributed by atoms with E-state index in [9.17, 15) is 14.7 Å². The number of benzene rings is 1. The molecule has 0 radical (unpaired) electrons. The molecule has 1 amide bonds. The van der Waals surface area contributed by atoms with Crippen LogP contribution in [-0.4, -0.2) is 30.1 Å². The molecule has 110 valence electrons. The van der Waals surface area contributed by atoms with Gasteiger partial charge >= 0.3 is 5.97 Å². The maximum absolute atomic E-state index is 12.5. The van der Waals surface area contributed by atoms with Crippen molar-refractivity contribution in [1.29, 1.82) is 0 Å². The summed E-state index contributed by atoms with van der Waals surface area (Å²) in [6.45, 7) is 0.787. The van der Waals surface area contributed by atoms with Crippen LogP contribution in [0.2, 0.25) is 0 Å². The molecule has 1 unspecified atom stereocenters. The number of hydrogen-bond acceptors (Lipinski definition) is 3. The standard InChI is InChI=1S/C16H17NO4/c18-14(10-11-4-1-2-5-11)17-8-9-21-15-12(16(19)20)6-3-7-13(15)17/h1,3-4,6-7,11H,2,5,8-10H2,(H,19,20). The van der Waals surface area contributed by atoms with E-state index >= 15 is 0 Å². The van der Waals surface area contributed by atoms with Gasteiger partial charge in [0.15, 0.2) is 5.75 Å². The van der Waals surface area contributed by atoms with Crippen molar-refractivity contribution in [3.05, 3.63) is 35.9 Å². The second-order valence-corrected chi connectivity index (χ2v) is 5.32. The number of para-hydroxylation sites is 1. The lowest BCUT2D eigenvalue weighted by Crippen LogP contribution is -2.39. The molecule has 1 heterocycles. The van der Waals surface area contributed by atoms with E-state index in [1.54, 1.807) is 17.0 Å². The van der Waals surface area contributed by atoms with Crippen molar-refractivity contribution in [1.82, 2.24) is 0 Å². The highest BCUT2D eigenvalue weighted by Crippen LogP contribution is 2.36. The molecule has 0 aromatic heterocycles. The first-order valence-corrected chi connectivity index (χ1v) is 7.13. The first-order chi connectivity index (χ1) is 10.2.